The van der Waals surface area contributed by atoms with E-state index in [0.717, 1.165) is 13.1 Å². The third-order valence-corrected chi connectivity index (χ3v) is 11.8. The van der Waals surface area contributed by atoms with Gasteiger partial charge < -0.3 is 0 Å². The van der Waals surface area contributed by atoms with Gasteiger partial charge in [0.25, 0.3) is 0 Å². The van der Waals surface area contributed by atoms with E-state index in [-0.39, 0.29) is 0 Å². The molecule has 1 aliphatic heterocycles. The second kappa shape index (κ2) is 6.92. The molecule has 0 unspecified atom stereocenters. The fourth-order valence-corrected chi connectivity index (χ4v) is 11.0. The van der Waals surface area contributed by atoms with Crippen LogP contribution in [0.2, 0.25) is 0 Å². The number of hydrogen-bond donors (Lipinski definition) is 3. The van der Waals surface area contributed by atoms with Gasteiger partial charge in [-0.3, -0.25) is 0 Å². The summed E-state index contributed by atoms with van der Waals surface area (Å²) in [5, 5.41) is 10.1. The first-order chi connectivity index (χ1) is 8.88. The van der Waals surface area contributed by atoms with Crippen LogP contribution in [0.5, 0.6) is 0 Å². The van der Waals surface area contributed by atoms with Gasteiger partial charge in [0.1, 0.15) is 0 Å². The van der Waals surface area contributed by atoms with E-state index in [0.29, 0.717) is 0 Å². The normalized spacial score (nSPS) is 23.6. The van der Waals surface area contributed by atoms with Gasteiger partial charge in [0.2, 0.25) is 0 Å². The monoisotopic (exact) mass is 311 g/mol. The van der Waals surface area contributed by atoms with Crippen LogP contribution in [-0.2, 0) is 0 Å². The summed E-state index contributed by atoms with van der Waals surface area (Å²) in [4.78, 5) is 0. The molecular formula is C10H31N7P2. The van der Waals surface area contributed by atoms with Crippen molar-refractivity contribution in [2.45, 2.75) is 6.42 Å². The summed E-state index contributed by atoms with van der Waals surface area (Å²) in [5.41, 5.74) is 0. The molecule has 0 atom stereocenters. The fraction of sp³-hybridized carbons (Fsp3) is 1.00. The zero-order valence-corrected chi connectivity index (χ0v) is 15.3. The van der Waals surface area contributed by atoms with E-state index in [1.54, 1.807) is 0 Å². The van der Waals surface area contributed by atoms with E-state index in [1.165, 1.54) is 6.42 Å². The Morgan fingerprint density at radius 1 is 1.00 bits per heavy atom. The minimum absolute atomic E-state index is 1.11. The molecule has 0 spiro atoms. The zero-order valence-electron chi connectivity index (χ0n) is 13.4. The molecule has 0 amide bonds. The molecule has 0 aromatic rings. The Morgan fingerprint density at radius 3 is 1.74 bits per heavy atom. The van der Waals surface area contributed by atoms with E-state index in [1.807, 2.05) is 21.1 Å². The first-order valence-electron chi connectivity index (χ1n) is 6.69. The van der Waals surface area contributed by atoms with Crippen LogP contribution < -0.4 is 15.3 Å². The Bertz CT molecular complexity index is 318. The van der Waals surface area contributed by atoms with Crippen LogP contribution in [0, 0.1) is 0 Å². The molecule has 7 nitrogen and oxygen atoms in total. The third kappa shape index (κ3) is 3.20. The van der Waals surface area contributed by atoms with Crippen LogP contribution in [0.3, 0.4) is 0 Å². The summed E-state index contributed by atoms with van der Waals surface area (Å²) in [5.74, 6) is 0. The Balaban J connectivity index is 3.37. The predicted molar refractivity (Wildman–Crippen MR) is 88.4 cm³/mol. The Kier molecular flexibility index (Phi) is 6.36. The molecule has 0 radical (unpaired) electrons. The molecule has 1 saturated heterocycles. The van der Waals surface area contributed by atoms with Gasteiger partial charge in [-0.25, -0.2) is 0 Å². The first-order valence-corrected chi connectivity index (χ1v) is 10.2. The van der Waals surface area contributed by atoms with Crippen molar-refractivity contribution in [3.8, 4) is 0 Å². The van der Waals surface area contributed by atoms with Crippen LogP contribution >= 0.6 is 15.4 Å². The summed E-state index contributed by atoms with van der Waals surface area (Å²) < 4.78 is 12.5. The molecule has 1 heterocycles. The molecule has 0 aromatic carbocycles. The van der Waals surface area contributed by atoms with Gasteiger partial charge in [0.15, 0.2) is 0 Å². The first kappa shape index (κ1) is 17.5. The van der Waals surface area contributed by atoms with Crippen LogP contribution in [0.15, 0.2) is 4.52 Å². The Labute approximate surface area is 118 Å². The van der Waals surface area contributed by atoms with E-state index in [2.05, 4.69) is 57.5 Å². The standard InChI is InChI=1S/C10H31N7P2/c1-11-18(12-2,13-3)14-19(15(4)5)16(6)9-8-10-17(19)7/h11-13,19H,8-10H2,1-7H3. The maximum atomic E-state index is 5.31. The minimum atomic E-state index is -2.18. The van der Waals surface area contributed by atoms with Gasteiger partial charge in [0.05, 0.1) is 0 Å². The Hall–Kier alpha value is 0.420. The Morgan fingerprint density at radius 2 is 1.42 bits per heavy atom. The van der Waals surface area contributed by atoms with Crippen molar-refractivity contribution < 1.29 is 0 Å². The van der Waals surface area contributed by atoms with E-state index < -0.39 is 15.4 Å². The number of hydrogen-bond acceptors (Lipinski definition) is 4. The number of nitrogens with zero attached hydrogens (tertiary/aromatic N) is 4. The van der Waals surface area contributed by atoms with Crippen LogP contribution in [0.1, 0.15) is 6.42 Å². The van der Waals surface area contributed by atoms with Crippen molar-refractivity contribution in [3.63, 3.8) is 0 Å². The summed E-state index contributed by atoms with van der Waals surface area (Å²) in [6.45, 7) is 2.21. The average Bonchev–Trinajstić information content (AvgIpc) is 2.39. The molecule has 19 heavy (non-hydrogen) atoms. The van der Waals surface area contributed by atoms with Crippen LogP contribution in [0.25, 0.3) is 0 Å². The molecule has 3 N–H and O–H groups in total. The number of rotatable bonds is 5. The molecule has 9 heteroatoms. The van der Waals surface area contributed by atoms with Crippen molar-refractivity contribution in [3.05, 3.63) is 0 Å². The second-order valence-corrected chi connectivity index (χ2v) is 12.1. The molecule has 1 fully saturated rings. The zero-order chi connectivity index (χ0) is 14.7. The van der Waals surface area contributed by atoms with Crippen molar-refractivity contribution in [2.75, 3.05) is 62.4 Å². The summed E-state index contributed by atoms with van der Waals surface area (Å²) in [6, 6.07) is 0. The van der Waals surface area contributed by atoms with Crippen molar-refractivity contribution in [1.82, 2.24) is 29.3 Å². The molecule has 0 aliphatic carbocycles. The molecule has 0 aromatic heterocycles. The molecule has 1 aliphatic rings. The van der Waals surface area contributed by atoms with E-state index in [9.17, 15) is 0 Å². The summed E-state index contributed by atoms with van der Waals surface area (Å²) in [6.07, 6.45) is 1.20. The second-order valence-electron chi connectivity index (χ2n) is 5.10. The van der Waals surface area contributed by atoms with E-state index in [4.69, 9.17) is 4.52 Å². The van der Waals surface area contributed by atoms with Gasteiger partial charge >= 0.3 is 118 Å². The predicted octanol–water partition coefficient (Wildman–Crippen LogP) is 0.830. The van der Waals surface area contributed by atoms with Gasteiger partial charge in [-0.15, -0.1) is 0 Å². The molecule has 0 bridgehead atoms. The fourth-order valence-electron chi connectivity index (χ4n) is 2.75. The van der Waals surface area contributed by atoms with Gasteiger partial charge in [-0.1, -0.05) is 0 Å². The van der Waals surface area contributed by atoms with Crippen LogP contribution in [-0.4, -0.2) is 76.4 Å². The molecular weight excluding hydrogens is 280 g/mol. The molecule has 0 saturated carbocycles. The van der Waals surface area contributed by atoms with Crippen molar-refractivity contribution >= 4 is 15.4 Å². The maximum absolute atomic E-state index is 5.31. The SMILES string of the molecule is CNP(=N[PH]1(N(C)C)N(C)CCCN1C)(NC)NC. The summed E-state index contributed by atoms with van der Waals surface area (Å²) in [7, 11) is 10.5. The van der Waals surface area contributed by atoms with Gasteiger partial charge in [-0.2, -0.15) is 0 Å². The topological polar surface area (TPSA) is 58.2 Å². The van der Waals surface area contributed by atoms with Crippen molar-refractivity contribution in [2.24, 2.45) is 4.52 Å². The summed E-state index contributed by atoms with van der Waals surface area (Å²) >= 11 is 0. The molecule has 116 valence electrons. The van der Waals surface area contributed by atoms with Gasteiger partial charge in [-0.05, 0) is 0 Å². The molecule has 1 rings (SSSR count). The third-order valence-electron chi connectivity index (χ3n) is 3.87. The van der Waals surface area contributed by atoms with Crippen molar-refractivity contribution in [1.29, 1.82) is 0 Å². The quantitative estimate of drug-likeness (QED) is 0.654. The van der Waals surface area contributed by atoms with Crippen LogP contribution in [0.4, 0.5) is 0 Å². The van der Waals surface area contributed by atoms with E-state index >= 15 is 0 Å². The average molecular weight is 311 g/mol. The van der Waals surface area contributed by atoms with Gasteiger partial charge in [0, 0.05) is 0 Å². The number of nitrogens with one attached hydrogen (secondary N) is 3.